The number of hydrogen-bond donors (Lipinski definition) is 1. The Morgan fingerprint density at radius 1 is 1.25 bits per heavy atom. The molecule has 0 spiro atoms. The molecule has 0 aliphatic heterocycles. The molecule has 1 aliphatic rings. The Labute approximate surface area is 128 Å². The number of rotatable bonds is 3. The van der Waals surface area contributed by atoms with Crippen LogP contribution in [0.3, 0.4) is 0 Å². The van der Waals surface area contributed by atoms with Crippen LogP contribution in [0, 0.1) is 5.41 Å². The van der Waals surface area contributed by atoms with Gasteiger partial charge in [-0.25, -0.2) is 0 Å². The number of halogens is 1. The first-order valence-corrected chi connectivity index (χ1v) is 8.25. The predicted octanol–water partition coefficient (Wildman–Crippen LogP) is 4.03. The molecule has 0 saturated heterocycles. The molecule has 0 aromatic carbocycles. The van der Waals surface area contributed by atoms with Crippen molar-refractivity contribution in [3.63, 3.8) is 0 Å². The molecule has 0 bridgehead atoms. The molecule has 20 heavy (non-hydrogen) atoms. The molecule has 1 heterocycles. The maximum Gasteiger partial charge on any atom is 0.239 e. The number of hydrogen-bond acceptors (Lipinski definition) is 3. The molecule has 0 unspecified atom stereocenters. The van der Waals surface area contributed by atoms with Crippen molar-refractivity contribution in [3.8, 4) is 0 Å². The summed E-state index contributed by atoms with van der Waals surface area (Å²) in [4.78, 5) is 25.5. The third-order valence-corrected chi connectivity index (χ3v) is 4.90. The molecule has 2 rings (SSSR count). The van der Waals surface area contributed by atoms with Crippen LogP contribution in [0.2, 0.25) is 0 Å². The summed E-state index contributed by atoms with van der Waals surface area (Å²) in [5.41, 5.74) is 1.41. The van der Waals surface area contributed by atoms with Crippen molar-refractivity contribution in [2.45, 2.75) is 46.5 Å². The van der Waals surface area contributed by atoms with Crippen LogP contribution in [0.25, 0.3) is 0 Å². The fourth-order valence-electron chi connectivity index (χ4n) is 2.43. The van der Waals surface area contributed by atoms with Crippen molar-refractivity contribution in [1.82, 2.24) is 0 Å². The van der Waals surface area contributed by atoms with E-state index in [2.05, 4.69) is 5.32 Å². The van der Waals surface area contributed by atoms with Gasteiger partial charge in [0.05, 0.1) is 5.56 Å². The fraction of sp³-hybridized carbons (Fsp3) is 0.600. The van der Waals surface area contributed by atoms with E-state index >= 15 is 0 Å². The molecule has 110 valence electrons. The maximum absolute atomic E-state index is 12.7. The number of carbonyl (C=O) groups excluding carboxylic acids is 2. The van der Waals surface area contributed by atoms with Crippen LogP contribution < -0.4 is 5.32 Å². The van der Waals surface area contributed by atoms with E-state index in [0.29, 0.717) is 5.00 Å². The maximum atomic E-state index is 12.7. The quantitative estimate of drug-likeness (QED) is 0.676. The summed E-state index contributed by atoms with van der Waals surface area (Å²) in [6, 6.07) is 0. The van der Waals surface area contributed by atoms with Gasteiger partial charge in [-0.1, -0.05) is 20.8 Å². The Morgan fingerprint density at radius 2 is 1.90 bits per heavy atom. The first-order chi connectivity index (χ1) is 9.34. The van der Waals surface area contributed by atoms with Crippen molar-refractivity contribution in [2.24, 2.45) is 5.41 Å². The van der Waals surface area contributed by atoms with Crippen molar-refractivity contribution in [2.75, 3.05) is 11.2 Å². The average Bonchev–Trinajstić information content (AvgIpc) is 2.74. The molecule has 0 atom stereocenters. The van der Waals surface area contributed by atoms with Gasteiger partial charge >= 0.3 is 0 Å². The van der Waals surface area contributed by atoms with Crippen LogP contribution in [0.4, 0.5) is 5.00 Å². The van der Waals surface area contributed by atoms with E-state index in [1.54, 1.807) is 0 Å². The normalized spacial score (nSPS) is 14.8. The first kappa shape index (κ1) is 15.5. The third-order valence-electron chi connectivity index (χ3n) is 3.45. The Morgan fingerprint density at radius 3 is 2.50 bits per heavy atom. The highest BCUT2D eigenvalue weighted by molar-refractivity contribution is 7.17. The fourth-order valence-corrected chi connectivity index (χ4v) is 3.80. The number of amides is 1. The molecular weight excluding hydrogens is 294 g/mol. The highest BCUT2D eigenvalue weighted by Crippen LogP contribution is 2.41. The zero-order chi connectivity index (χ0) is 14.9. The molecule has 3 nitrogen and oxygen atoms in total. The number of alkyl halides is 1. The van der Waals surface area contributed by atoms with Crippen LogP contribution in [0.1, 0.15) is 54.4 Å². The Bertz CT molecular complexity index is 543. The molecule has 1 aliphatic carbocycles. The minimum absolute atomic E-state index is 0.0916. The van der Waals surface area contributed by atoms with Gasteiger partial charge in [0.15, 0.2) is 5.78 Å². The Hall–Kier alpha value is -0.870. The van der Waals surface area contributed by atoms with Gasteiger partial charge in [-0.05, 0) is 31.2 Å². The van der Waals surface area contributed by atoms with E-state index in [9.17, 15) is 9.59 Å². The van der Waals surface area contributed by atoms with E-state index < -0.39 is 5.41 Å². The minimum Gasteiger partial charge on any atom is -0.316 e. The SMILES string of the molecule is CC(C)(C)C(=O)c1c(NC(=O)CCl)sc2c1CCCC2. The number of thiophene rings is 1. The number of nitrogens with one attached hydrogen (secondary N) is 1. The lowest BCUT2D eigenvalue weighted by atomic mass is 9.83. The smallest absolute Gasteiger partial charge is 0.239 e. The molecule has 1 aromatic rings. The molecule has 5 heteroatoms. The van der Waals surface area contributed by atoms with Crippen molar-refractivity contribution < 1.29 is 9.59 Å². The van der Waals surface area contributed by atoms with E-state index in [1.165, 1.54) is 16.2 Å². The number of anilines is 1. The van der Waals surface area contributed by atoms with E-state index in [-0.39, 0.29) is 17.6 Å². The molecule has 1 amide bonds. The topological polar surface area (TPSA) is 46.2 Å². The van der Waals surface area contributed by atoms with Crippen LogP contribution in [-0.2, 0) is 17.6 Å². The summed E-state index contributed by atoms with van der Waals surface area (Å²) in [6.45, 7) is 5.74. The summed E-state index contributed by atoms with van der Waals surface area (Å²) < 4.78 is 0. The monoisotopic (exact) mass is 313 g/mol. The van der Waals surface area contributed by atoms with E-state index in [0.717, 1.165) is 36.8 Å². The highest BCUT2D eigenvalue weighted by atomic mass is 35.5. The average molecular weight is 314 g/mol. The summed E-state index contributed by atoms with van der Waals surface area (Å²) in [5.74, 6) is -0.249. The van der Waals surface area contributed by atoms with E-state index in [1.807, 2.05) is 20.8 Å². The van der Waals surface area contributed by atoms with Gasteiger partial charge in [0.25, 0.3) is 0 Å². The number of Topliss-reactive ketones (excluding diaryl/α,β-unsaturated/α-hetero) is 1. The minimum atomic E-state index is -0.452. The highest BCUT2D eigenvalue weighted by Gasteiger charge is 2.32. The summed E-state index contributed by atoms with van der Waals surface area (Å²) in [7, 11) is 0. The largest absolute Gasteiger partial charge is 0.316 e. The Balaban J connectivity index is 2.48. The molecule has 1 N–H and O–H groups in total. The Kier molecular flexibility index (Phi) is 4.55. The predicted molar refractivity (Wildman–Crippen MR) is 84.1 cm³/mol. The molecule has 0 radical (unpaired) electrons. The van der Waals surface area contributed by atoms with Gasteiger partial charge in [0.1, 0.15) is 10.9 Å². The number of carbonyl (C=O) groups is 2. The van der Waals surface area contributed by atoms with Crippen LogP contribution in [0.5, 0.6) is 0 Å². The van der Waals surface area contributed by atoms with Crippen molar-refractivity contribution in [3.05, 3.63) is 16.0 Å². The standard InChI is InChI=1S/C15H20ClNO2S/c1-15(2,3)13(19)12-9-6-4-5-7-10(9)20-14(12)17-11(18)8-16/h4-8H2,1-3H3,(H,17,18). The van der Waals surface area contributed by atoms with E-state index in [4.69, 9.17) is 11.6 Å². The van der Waals surface area contributed by atoms with Gasteiger partial charge in [-0.3, -0.25) is 9.59 Å². The summed E-state index contributed by atoms with van der Waals surface area (Å²) >= 11 is 7.10. The van der Waals surface area contributed by atoms with Gasteiger partial charge in [0, 0.05) is 10.3 Å². The second-order valence-electron chi connectivity index (χ2n) is 6.18. The lowest BCUT2D eigenvalue weighted by Gasteiger charge is -2.20. The molecular formula is C15H20ClNO2S. The van der Waals surface area contributed by atoms with Crippen LogP contribution in [0.15, 0.2) is 0 Å². The third kappa shape index (κ3) is 3.07. The number of ketones is 1. The van der Waals surface area contributed by atoms with Crippen molar-refractivity contribution in [1.29, 1.82) is 0 Å². The lowest BCUT2D eigenvalue weighted by Crippen LogP contribution is -2.23. The second-order valence-corrected chi connectivity index (χ2v) is 7.55. The molecule has 0 fully saturated rings. The lowest BCUT2D eigenvalue weighted by molar-refractivity contribution is -0.113. The van der Waals surface area contributed by atoms with Crippen LogP contribution in [-0.4, -0.2) is 17.6 Å². The zero-order valence-electron chi connectivity index (χ0n) is 12.1. The van der Waals surface area contributed by atoms with Gasteiger partial charge in [-0.2, -0.15) is 0 Å². The number of fused-ring (bicyclic) bond motifs is 1. The summed E-state index contributed by atoms with van der Waals surface area (Å²) in [5, 5.41) is 3.48. The van der Waals surface area contributed by atoms with Gasteiger partial charge in [-0.15, -0.1) is 22.9 Å². The zero-order valence-corrected chi connectivity index (χ0v) is 13.7. The van der Waals surface area contributed by atoms with Gasteiger partial charge < -0.3 is 5.32 Å². The van der Waals surface area contributed by atoms with Crippen molar-refractivity contribution >= 4 is 39.6 Å². The first-order valence-electron chi connectivity index (χ1n) is 6.89. The van der Waals surface area contributed by atoms with Gasteiger partial charge in [0.2, 0.25) is 5.91 Å². The molecule has 1 aromatic heterocycles. The van der Waals surface area contributed by atoms with Crippen LogP contribution >= 0.6 is 22.9 Å². The molecule has 0 saturated carbocycles. The number of aryl methyl sites for hydroxylation is 1. The summed E-state index contributed by atoms with van der Waals surface area (Å²) in [6.07, 6.45) is 4.19. The second kappa shape index (κ2) is 5.86.